The van der Waals surface area contributed by atoms with E-state index in [1.54, 1.807) is 7.11 Å². The molecule has 0 saturated heterocycles. The minimum absolute atomic E-state index is 0.629. The number of methoxy groups -OCH3 is 1. The quantitative estimate of drug-likeness (QED) is 0.840. The van der Waals surface area contributed by atoms with Gasteiger partial charge in [-0.2, -0.15) is 0 Å². The molecule has 0 heterocycles. The van der Waals surface area contributed by atoms with Crippen molar-refractivity contribution in [2.75, 3.05) is 20.7 Å². The first-order valence-corrected chi connectivity index (χ1v) is 7.78. The Bertz CT molecular complexity index is 390. The topological polar surface area (TPSA) is 38.5 Å². The summed E-state index contributed by atoms with van der Waals surface area (Å²) in [5, 5.41) is 0. The van der Waals surface area contributed by atoms with Crippen molar-refractivity contribution in [1.29, 1.82) is 0 Å². The van der Waals surface area contributed by atoms with Gasteiger partial charge in [0, 0.05) is 12.6 Å². The summed E-state index contributed by atoms with van der Waals surface area (Å²) in [4.78, 5) is 2.49. The third-order valence-corrected chi connectivity index (χ3v) is 4.58. The molecule has 1 saturated carbocycles. The zero-order valence-electron chi connectivity index (χ0n) is 12.8. The maximum atomic E-state index is 5.99. The molecule has 0 spiro atoms. The largest absolute Gasteiger partial charge is 0.497 e. The zero-order valence-corrected chi connectivity index (χ0v) is 12.8. The minimum Gasteiger partial charge on any atom is -0.497 e. The van der Waals surface area contributed by atoms with Crippen LogP contribution < -0.4 is 10.5 Å². The molecule has 0 amide bonds. The first-order valence-electron chi connectivity index (χ1n) is 7.78. The highest BCUT2D eigenvalue weighted by Crippen LogP contribution is 2.27. The van der Waals surface area contributed by atoms with Gasteiger partial charge in [-0.05, 0) is 50.0 Å². The summed E-state index contributed by atoms with van der Waals surface area (Å²) in [5.41, 5.74) is 7.33. The Kier molecular flexibility index (Phi) is 5.86. The van der Waals surface area contributed by atoms with E-state index in [-0.39, 0.29) is 0 Å². The molecule has 1 aliphatic rings. The van der Waals surface area contributed by atoms with Gasteiger partial charge in [-0.25, -0.2) is 0 Å². The minimum atomic E-state index is 0.629. The highest BCUT2D eigenvalue weighted by atomic mass is 16.5. The average Bonchev–Trinajstić information content (AvgIpc) is 2.73. The van der Waals surface area contributed by atoms with E-state index in [0.717, 1.165) is 18.8 Å². The molecule has 2 N–H and O–H groups in total. The van der Waals surface area contributed by atoms with E-state index in [2.05, 4.69) is 24.1 Å². The van der Waals surface area contributed by atoms with Crippen LogP contribution in [0, 0.1) is 5.92 Å². The average molecular weight is 276 g/mol. The Labute approximate surface area is 123 Å². The van der Waals surface area contributed by atoms with Crippen molar-refractivity contribution >= 4 is 0 Å². The van der Waals surface area contributed by atoms with Gasteiger partial charge in [0.1, 0.15) is 5.75 Å². The molecule has 2 atom stereocenters. The predicted octanol–water partition coefficient (Wildman–Crippen LogP) is 3.03. The molecule has 2 unspecified atom stereocenters. The van der Waals surface area contributed by atoms with Crippen LogP contribution in [0.3, 0.4) is 0 Å². The lowest BCUT2D eigenvalue weighted by Crippen LogP contribution is -2.40. The summed E-state index contributed by atoms with van der Waals surface area (Å²) in [5.74, 6) is 1.58. The van der Waals surface area contributed by atoms with Crippen LogP contribution in [-0.2, 0) is 6.54 Å². The van der Waals surface area contributed by atoms with Crippen molar-refractivity contribution in [3.63, 3.8) is 0 Å². The summed E-state index contributed by atoms with van der Waals surface area (Å²) >= 11 is 0. The molecule has 3 nitrogen and oxygen atoms in total. The van der Waals surface area contributed by atoms with Crippen LogP contribution in [-0.4, -0.2) is 31.6 Å². The molecule has 0 radical (unpaired) electrons. The number of benzene rings is 1. The maximum absolute atomic E-state index is 5.99. The van der Waals surface area contributed by atoms with Gasteiger partial charge >= 0.3 is 0 Å². The van der Waals surface area contributed by atoms with E-state index in [0.29, 0.717) is 12.0 Å². The highest BCUT2D eigenvalue weighted by molar-refractivity contribution is 5.27. The lowest BCUT2D eigenvalue weighted by atomic mass is 9.93. The molecule has 1 fully saturated rings. The lowest BCUT2D eigenvalue weighted by molar-refractivity contribution is 0.161. The second kappa shape index (κ2) is 7.65. The number of hydrogen-bond donors (Lipinski definition) is 1. The maximum Gasteiger partial charge on any atom is 0.118 e. The van der Waals surface area contributed by atoms with Crippen molar-refractivity contribution in [3.8, 4) is 5.75 Å². The molecule has 2 rings (SSSR count). The molecular formula is C17H28N2O. The number of nitrogens with two attached hydrogens (primary N) is 1. The molecule has 0 aliphatic heterocycles. The van der Waals surface area contributed by atoms with Gasteiger partial charge in [-0.15, -0.1) is 0 Å². The molecular weight excluding hydrogens is 248 g/mol. The van der Waals surface area contributed by atoms with Crippen molar-refractivity contribution < 1.29 is 4.74 Å². The molecule has 1 aromatic carbocycles. The molecule has 1 aromatic rings. The normalized spacial score (nSPS) is 23.6. The number of hydrogen-bond acceptors (Lipinski definition) is 3. The van der Waals surface area contributed by atoms with Crippen molar-refractivity contribution in [2.45, 2.75) is 44.7 Å². The van der Waals surface area contributed by atoms with Gasteiger partial charge < -0.3 is 10.5 Å². The third kappa shape index (κ3) is 3.97. The SMILES string of the molecule is COc1ccc(CN(C)C2CCCCCC2CN)cc1. The van der Waals surface area contributed by atoms with Crippen LogP contribution in [0.2, 0.25) is 0 Å². The Hall–Kier alpha value is -1.06. The van der Waals surface area contributed by atoms with E-state index in [1.807, 2.05) is 12.1 Å². The fraction of sp³-hybridized carbons (Fsp3) is 0.647. The van der Waals surface area contributed by atoms with Gasteiger partial charge in [0.25, 0.3) is 0 Å². The Balaban J connectivity index is 1.99. The van der Waals surface area contributed by atoms with E-state index in [4.69, 9.17) is 10.5 Å². The summed E-state index contributed by atoms with van der Waals surface area (Å²) in [6.45, 7) is 1.81. The standard InChI is InChI=1S/C17H28N2O/c1-19(13-14-8-10-16(20-2)11-9-14)17-7-5-3-4-6-15(17)12-18/h8-11,15,17H,3-7,12-13,18H2,1-2H3. The van der Waals surface area contributed by atoms with E-state index < -0.39 is 0 Å². The van der Waals surface area contributed by atoms with E-state index >= 15 is 0 Å². The smallest absolute Gasteiger partial charge is 0.118 e. The van der Waals surface area contributed by atoms with Gasteiger partial charge in [-0.3, -0.25) is 4.90 Å². The Morgan fingerprint density at radius 2 is 1.85 bits per heavy atom. The summed E-state index contributed by atoms with van der Waals surface area (Å²) < 4.78 is 5.21. The van der Waals surface area contributed by atoms with Crippen LogP contribution in [0.4, 0.5) is 0 Å². The molecule has 3 heteroatoms. The van der Waals surface area contributed by atoms with Crippen LogP contribution in [0.5, 0.6) is 5.75 Å². The van der Waals surface area contributed by atoms with Crippen LogP contribution >= 0.6 is 0 Å². The van der Waals surface area contributed by atoms with Crippen molar-refractivity contribution in [2.24, 2.45) is 11.7 Å². The van der Waals surface area contributed by atoms with E-state index in [9.17, 15) is 0 Å². The van der Waals surface area contributed by atoms with Gasteiger partial charge in [0.2, 0.25) is 0 Å². The second-order valence-corrected chi connectivity index (χ2v) is 5.96. The second-order valence-electron chi connectivity index (χ2n) is 5.96. The van der Waals surface area contributed by atoms with Crippen molar-refractivity contribution in [1.82, 2.24) is 4.90 Å². The zero-order chi connectivity index (χ0) is 14.4. The van der Waals surface area contributed by atoms with E-state index in [1.165, 1.54) is 37.7 Å². The predicted molar refractivity (Wildman–Crippen MR) is 83.9 cm³/mol. The fourth-order valence-corrected chi connectivity index (χ4v) is 3.36. The summed E-state index contributed by atoms with van der Waals surface area (Å²) in [6.07, 6.45) is 6.62. The molecule has 20 heavy (non-hydrogen) atoms. The fourth-order valence-electron chi connectivity index (χ4n) is 3.36. The van der Waals surface area contributed by atoms with Crippen LogP contribution in [0.25, 0.3) is 0 Å². The summed E-state index contributed by atoms with van der Waals surface area (Å²) in [6, 6.07) is 9.02. The Morgan fingerprint density at radius 1 is 1.15 bits per heavy atom. The molecule has 0 bridgehead atoms. The molecule has 112 valence electrons. The third-order valence-electron chi connectivity index (χ3n) is 4.58. The van der Waals surface area contributed by atoms with Crippen LogP contribution in [0.1, 0.15) is 37.7 Å². The Morgan fingerprint density at radius 3 is 2.50 bits per heavy atom. The highest BCUT2D eigenvalue weighted by Gasteiger charge is 2.25. The lowest BCUT2D eigenvalue weighted by Gasteiger charge is -2.33. The van der Waals surface area contributed by atoms with Gasteiger partial charge in [0.05, 0.1) is 7.11 Å². The molecule has 0 aromatic heterocycles. The number of ether oxygens (including phenoxy) is 1. The molecule has 1 aliphatic carbocycles. The first-order chi connectivity index (χ1) is 9.74. The number of rotatable bonds is 5. The summed E-state index contributed by atoms with van der Waals surface area (Å²) in [7, 11) is 3.95. The van der Waals surface area contributed by atoms with Crippen LogP contribution in [0.15, 0.2) is 24.3 Å². The first kappa shape index (κ1) is 15.3. The van der Waals surface area contributed by atoms with Gasteiger partial charge in [-0.1, -0.05) is 31.4 Å². The number of nitrogens with zero attached hydrogens (tertiary/aromatic N) is 1. The van der Waals surface area contributed by atoms with Crippen molar-refractivity contribution in [3.05, 3.63) is 29.8 Å². The van der Waals surface area contributed by atoms with Gasteiger partial charge in [0.15, 0.2) is 0 Å². The monoisotopic (exact) mass is 276 g/mol.